The van der Waals surface area contributed by atoms with Crippen molar-refractivity contribution in [1.82, 2.24) is 0 Å². The number of carbonyl (C=O) groups is 1. The molecule has 2 aromatic carbocycles. The zero-order valence-corrected chi connectivity index (χ0v) is 13.9. The van der Waals surface area contributed by atoms with E-state index in [-0.39, 0.29) is 27.1 Å². The molecule has 22 heavy (non-hydrogen) atoms. The second-order valence-electron chi connectivity index (χ2n) is 4.71. The molecule has 0 spiro atoms. The predicted octanol–water partition coefficient (Wildman–Crippen LogP) is 3.76. The second-order valence-corrected chi connectivity index (χ2v) is 7.63. The SMILES string of the molecule is CS(=O)(=O)Cc1ccc(C(=O)Oc2cccc(Cl)c2Cl)cc1. The van der Waals surface area contributed by atoms with Crippen LogP contribution in [0.3, 0.4) is 0 Å². The summed E-state index contributed by atoms with van der Waals surface area (Å²) >= 11 is 11.8. The molecule has 0 saturated carbocycles. The Kier molecular flexibility index (Phi) is 5.11. The van der Waals surface area contributed by atoms with E-state index in [1.54, 1.807) is 24.3 Å². The van der Waals surface area contributed by atoms with E-state index in [2.05, 4.69) is 0 Å². The molecule has 0 saturated heterocycles. The van der Waals surface area contributed by atoms with Gasteiger partial charge in [-0.2, -0.15) is 0 Å². The van der Waals surface area contributed by atoms with Crippen molar-refractivity contribution >= 4 is 39.0 Å². The number of sulfone groups is 1. The zero-order chi connectivity index (χ0) is 16.3. The lowest BCUT2D eigenvalue weighted by atomic mass is 10.1. The monoisotopic (exact) mass is 358 g/mol. The van der Waals surface area contributed by atoms with E-state index in [1.165, 1.54) is 18.2 Å². The van der Waals surface area contributed by atoms with Gasteiger partial charge in [0.25, 0.3) is 0 Å². The van der Waals surface area contributed by atoms with Gasteiger partial charge in [0.2, 0.25) is 0 Å². The fourth-order valence-electron chi connectivity index (χ4n) is 1.76. The van der Waals surface area contributed by atoms with E-state index < -0.39 is 15.8 Å². The van der Waals surface area contributed by atoms with Crippen LogP contribution in [0, 0.1) is 0 Å². The van der Waals surface area contributed by atoms with Crippen molar-refractivity contribution in [3.8, 4) is 5.75 Å². The lowest BCUT2D eigenvalue weighted by molar-refractivity contribution is 0.0735. The highest BCUT2D eigenvalue weighted by molar-refractivity contribution is 7.89. The number of benzene rings is 2. The standard InChI is InChI=1S/C15H12Cl2O4S/c1-22(19,20)9-10-5-7-11(8-6-10)15(18)21-13-4-2-3-12(16)14(13)17/h2-8H,9H2,1H3. The van der Waals surface area contributed by atoms with Crippen LogP contribution in [0.25, 0.3) is 0 Å². The molecule has 0 fully saturated rings. The average Bonchev–Trinajstić information content (AvgIpc) is 2.43. The first-order valence-corrected chi connectivity index (χ1v) is 9.01. The highest BCUT2D eigenvalue weighted by Gasteiger charge is 2.13. The normalized spacial score (nSPS) is 11.2. The molecule has 2 aromatic rings. The van der Waals surface area contributed by atoms with Crippen molar-refractivity contribution < 1.29 is 17.9 Å². The Morgan fingerprint density at radius 1 is 1.09 bits per heavy atom. The smallest absolute Gasteiger partial charge is 0.343 e. The molecular weight excluding hydrogens is 347 g/mol. The van der Waals surface area contributed by atoms with Gasteiger partial charge in [-0.1, -0.05) is 41.4 Å². The summed E-state index contributed by atoms with van der Waals surface area (Å²) in [6, 6.07) is 10.9. The van der Waals surface area contributed by atoms with Crippen LogP contribution in [0.15, 0.2) is 42.5 Å². The number of esters is 1. The van der Waals surface area contributed by atoms with Crippen LogP contribution in [0.4, 0.5) is 0 Å². The first kappa shape index (κ1) is 16.8. The molecule has 0 aliphatic heterocycles. The van der Waals surface area contributed by atoms with Gasteiger partial charge in [-0.25, -0.2) is 13.2 Å². The lowest BCUT2D eigenvalue weighted by Gasteiger charge is -2.07. The Hall–Kier alpha value is -1.56. The summed E-state index contributed by atoms with van der Waals surface area (Å²) in [4.78, 5) is 12.0. The molecule has 0 atom stereocenters. The van der Waals surface area contributed by atoms with Gasteiger partial charge in [0.1, 0.15) is 5.02 Å². The Labute approximate surface area is 138 Å². The molecule has 4 nitrogen and oxygen atoms in total. The average molecular weight is 359 g/mol. The Balaban J connectivity index is 2.15. The minimum atomic E-state index is -3.12. The molecule has 0 bridgehead atoms. The van der Waals surface area contributed by atoms with Crippen LogP contribution in [0.5, 0.6) is 5.75 Å². The Morgan fingerprint density at radius 3 is 2.32 bits per heavy atom. The molecule has 0 unspecified atom stereocenters. The van der Waals surface area contributed by atoms with Crippen molar-refractivity contribution in [3.05, 3.63) is 63.6 Å². The molecule has 0 aromatic heterocycles. The van der Waals surface area contributed by atoms with Gasteiger partial charge >= 0.3 is 5.97 Å². The third-order valence-corrected chi connectivity index (χ3v) is 4.40. The van der Waals surface area contributed by atoms with Gasteiger partial charge in [0.15, 0.2) is 15.6 Å². The van der Waals surface area contributed by atoms with E-state index in [9.17, 15) is 13.2 Å². The fourth-order valence-corrected chi connectivity index (χ4v) is 2.89. The highest BCUT2D eigenvalue weighted by Crippen LogP contribution is 2.31. The lowest BCUT2D eigenvalue weighted by Crippen LogP contribution is -2.09. The molecule has 0 heterocycles. The van der Waals surface area contributed by atoms with Gasteiger partial charge in [-0.05, 0) is 29.8 Å². The van der Waals surface area contributed by atoms with Crippen LogP contribution in [-0.4, -0.2) is 20.6 Å². The molecule has 0 N–H and O–H groups in total. The van der Waals surface area contributed by atoms with Crippen LogP contribution < -0.4 is 4.74 Å². The number of halogens is 2. The number of hydrogen-bond acceptors (Lipinski definition) is 4. The molecule has 0 amide bonds. The topological polar surface area (TPSA) is 60.4 Å². The zero-order valence-electron chi connectivity index (χ0n) is 11.5. The van der Waals surface area contributed by atoms with Crippen molar-refractivity contribution in [2.75, 3.05) is 6.26 Å². The maximum Gasteiger partial charge on any atom is 0.343 e. The summed E-state index contributed by atoms with van der Waals surface area (Å²) < 4.78 is 27.6. The van der Waals surface area contributed by atoms with Crippen molar-refractivity contribution in [2.45, 2.75) is 5.75 Å². The number of rotatable bonds is 4. The van der Waals surface area contributed by atoms with Crippen LogP contribution in [0.1, 0.15) is 15.9 Å². The first-order chi connectivity index (χ1) is 10.3. The molecule has 0 radical (unpaired) electrons. The van der Waals surface area contributed by atoms with Crippen molar-refractivity contribution in [2.24, 2.45) is 0 Å². The quantitative estimate of drug-likeness (QED) is 0.616. The van der Waals surface area contributed by atoms with Crippen LogP contribution >= 0.6 is 23.2 Å². The van der Waals surface area contributed by atoms with Gasteiger partial charge in [-0.15, -0.1) is 0 Å². The summed E-state index contributed by atoms with van der Waals surface area (Å²) in [7, 11) is -3.12. The Bertz CT molecular complexity index is 799. The predicted molar refractivity (Wildman–Crippen MR) is 86.4 cm³/mol. The van der Waals surface area contributed by atoms with E-state index in [1.807, 2.05) is 0 Å². The molecule has 116 valence electrons. The number of hydrogen-bond donors (Lipinski definition) is 0. The summed E-state index contributed by atoms with van der Waals surface area (Å²) in [5.41, 5.74) is 0.883. The van der Waals surface area contributed by atoms with E-state index in [0.717, 1.165) is 6.26 Å². The minimum absolute atomic E-state index is 0.0809. The largest absolute Gasteiger partial charge is 0.421 e. The van der Waals surface area contributed by atoms with Crippen molar-refractivity contribution in [3.63, 3.8) is 0 Å². The maximum absolute atomic E-state index is 12.0. The highest BCUT2D eigenvalue weighted by atomic mass is 35.5. The third-order valence-electron chi connectivity index (χ3n) is 2.74. The van der Waals surface area contributed by atoms with Crippen LogP contribution in [-0.2, 0) is 15.6 Å². The van der Waals surface area contributed by atoms with E-state index in [0.29, 0.717) is 5.56 Å². The molecule has 0 aliphatic rings. The second kappa shape index (κ2) is 6.69. The number of carbonyl (C=O) groups excluding carboxylic acids is 1. The Morgan fingerprint density at radius 2 is 1.73 bits per heavy atom. The maximum atomic E-state index is 12.0. The van der Waals surface area contributed by atoms with E-state index >= 15 is 0 Å². The molecule has 2 rings (SSSR count). The molecular formula is C15H12Cl2O4S. The summed E-state index contributed by atoms with van der Waals surface area (Å²) in [5, 5.41) is 0.446. The fraction of sp³-hybridized carbons (Fsp3) is 0.133. The van der Waals surface area contributed by atoms with Gasteiger partial charge < -0.3 is 4.74 Å². The minimum Gasteiger partial charge on any atom is -0.421 e. The summed E-state index contributed by atoms with van der Waals surface area (Å²) in [5.74, 6) is -0.517. The van der Waals surface area contributed by atoms with Crippen LogP contribution in [0.2, 0.25) is 10.0 Å². The van der Waals surface area contributed by atoms with E-state index in [4.69, 9.17) is 27.9 Å². The summed E-state index contributed by atoms with van der Waals surface area (Å²) in [6.07, 6.45) is 1.15. The van der Waals surface area contributed by atoms with Gasteiger partial charge in [-0.3, -0.25) is 0 Å². The summed E-state index contributed by atoms with van der Waals surface area (Å²) in [6.45, 7) is 0. The third kappa shape index (κ3) is 4.47. The van der Waals surface area contributed by atoms with Crippen molar-refractivity contribution in [1.29, 1.82) is 0 Å². The van der Waals surface area contributed by atoms with Gasteiger partial charge in [0.05, 0.1) is 16.3 Å². The molecule has 7 heteroatoms. The van der Waals surface area contributed by atoms with Gasteiger partial charge in [0, 0.05) is 6.26 Å². The molecule has 0 aliphatic carbocycles. The number of ether oxygens (including phenoxy) is 1. The first-order valence-electron chi connectivity index (χ1n) is 6.19.